The number of methoxy groups -OCH3 is 2. The van der Waals surface area contributed by atoms with Gasteiger partial charge in [0.2, 0.25) is 5.78 Å². The minimum Gasteiger partial charge on any atom is -0.493 e. The van der Waals surface area contributed by atoms with E-state index in [1.54, 1.807) is 31.3 Å². The molecule has 0 saturated heterocycles. The molecule has 0 radical (unpaired) electrons. The summed E-state index contributed by atoms with van der Waals surface area (Å²) in [6, 6.07) is 11.2. The molecule has 0 bridgehead atoms. The Morgan fingerprint density at radius 2 is 1.50 bits per heavy atom. The maximum atomic E-state index is 12.8. The molecule has 0 aliphatic carbocycles. The number of nitrogens with zero attached hydrogens (tertiary/aromatic N) is 1. The summed E-state index contributed by atoms with van der Waals surface area (Å²) in [5, 5.41) is 0. The number of carbonyl (C=O) groups is 2. The highest BCUT2D eigenvalue weighted by molar-refractivity contribution is 6.42. The van der Waals surface area contributed by atoms with Crippen LogP contribution in [-0.2, 0) is 23.2 Å². The maximum absolute atomic E-state index is 12.8. The molecule has 1 heterocycles. The van der Waals surface area contributed by atoms with Gasteiger partial charge in [0.25, 0.3) is 5.91 Å². The van der Waals surface area contributed by atoms with Crippen LogP contribution in [0.3, 0.4) is 0 Å². The summed E-state index contributed by atoms with van der Waals surface area (Å²) in [5.74, 6) is 0.365. The Morgan fingerprint density at radius 1 is 0.929 bits per heavy atom. The lowest BCUT2D eigenvalue weighted by Crippen LogP contribution is -2.40. The molecule has 5 heteroatoms. The van der Waals surface area contributed by atoms with Crippen molar-refractivity contribution < 1.29 is 19.1 Å². The first-order valence-electron chi connectivity index (χ1n) is 9.42. The summed E-state index contributed by atoms with van der Waals surface area (Å²) >= 11 is 0. The molecule has 1 amide bonds. The standard InChI is InChI=1S/C23H27NO4/c1-23(2,3)18-8-6-15(7-9-18)21(25)22(26)24-11-10-16-12-19(27-4)20(28-5)13-17(16)14-24/h6-9,12-13H,10-11,14H2,1-5H3. The molecule has 2 aromatic rings. The summed E-state index contributed by atoms with van der Waals surface area (Å²) in [4.78, 5) is 27.1. The van der Waals surface area contributed by atoms with Crippen molar-refractivity contribution in [2.24, 2.45) is 0 Å². The highest BCUT2D eigenvalue weighted by Crippen LogP contribution is 2.33. The van der Waals surface area contributed by atoms with Crippen LogP contribution in [-0.4, -0.2) is 37.4 Å². The van der Waals surface area contributed by atoms with Crippen molar-refractivity contribution in [3.8, 4) is 11.5 Å². The first-order valence-corrected chi connectivity index (χ1v) is 9.42. The molecule has 0 N–H and O–H groups in total. The van der Waals surface area contributed by atoms with E-state index in [0.29, 0.717) is 36.6 Å². The highest BCUT2D eigenvalue weighted by Gasteiger charge is 2.28. The summed E-state index contributed by atoms with van der Waals surface area (Å²) in [6.45, 7) is 7.24. The van der Waals surface area contributed by atoms with E-state index in [9.17, 15) is 9.59 Å². The van der Waals surface area contributed by atoms with E-state index < -0.39 is 11.7 Å². The second kappa shape index (κ2) is 7.66. The Labute approximate surface area is 166 Å². The van der Waals surface area contributed by atoms with Gasteiger partial charge in [-0.3, -0.25) is 9.59 Å². The second-order valence-corrected chi connectivity index (χ2v) is 8.11. The molecule has 0 spiro atoms. The number of benzene rings is 2. The molecule has 28 heavy (non-hydrogen) atoms. The quantitative estimate of drug-likeness (QED) is 0.598. The zero-order chi connectivity index (χ0) is 20.5. The lowest BCUT2D eigenvalue weighted by Gasteiger charge is -2.29. The van der Waals surface area contributed by atoms with E-state index in [-0.39, 0.29) is 5.41 Å². The summed E-state index contributed by atoms with van der Waals surface area (Å²) in [5.41, 5.74) is 3.65. The Bertz CT molecular complexity index is 894. The van der Waals surface area contributed by atoms with E-state index in [4.69, 9.17) is 9.47 Å². The molecule has 3 rings (SSSR count). The number of ketones is 1. The van der Waals surface area contributed by atoms with Gasteiger partial charge in [0.15, 0.2) is 11.5 Å². The van der Waals surface area contributed by atoms with E-state index >= 15 is 0 Å². The number of carbonyl (C=O) groups excluding carboxylic acids is 2. The van der Waals surface area contributed by atoms with Crippen LogP contribution >= 0.6 is 0 Å². The molecule has 2 aromatic carbocycles. The van der Waals surface area contributed by atoms with Crippen molar-refractivity contribution in [2.75, 3.05) is 20.8 Å². The van der Waals surface area contributed by atoms with E-state index in [1.807, 2.05) is 24.3 Å². The molecule has 148 valence electrons. The predicted octanol–water partition coefficient (Wildman–Crippen LogP) is 3.77. The third-order valence-electron chi connectivity index (χ3n) is 5.21. The Morgan fingerprint density at radius 3 is 2.04 bits per heavy atom. The smallest absolute Gasteiger partial charge is 0.295 e. The van der Waals surface area contributed by atoms with E-state index in [2.05, 4.69) is 20.8 Å². The minimum atomic E-state index is -0.469. The minimum absolute atomic E-state index is 0.00226. The van der Waals surface area contributed by atoms with Gasteiger partial charge in [-0.25, -0.2) is 0 Å². The van der Waals surface area contributed by atoms with Crippen molar-refractivity contribution in [1.29, 1.82) is 0 Å². The van der Waals surface area contributed by atoms with Gasteiger partial charge in [0.1, 0.15) is 0 Å². The van der Waals surface area contributed by atoms with Crippen LogP contribution in [0, 0.1) is 0 Å². The van der Waals surface area contributed by atoms with Crippen LogP contribution < -0.4 is 9.47 Å². The van der Waals surface area contributed by atoms with Crippen LogP contribution in [0.1, 0.15) is 47.8 Å². The normalized spacial score (nSPS) is 13.7. The molecule has 0 fully saturated rings. The Kier molecular flexibility index (Phi) is 5.45. The van der Waals surface area contributed by atoms with Gasteiger partial charge in [0, 0.05) is 18.7 Å². The predicted molar refractivity (Wildman–Crippen MR) is 108 cm³/mol. The number of rotatable bonds is 4. The van der Waals surface area contributed by atoms with E-state index in [1.165, 1.54) is 0 Å². The third-order valence-corrected chi connectivity index (χ3v) is 5.21. The van der Waals surface area contributed by atoms with Gasteiger partial charge in [0.05, 0.1) is 14.2 Å². The molecular formula is C23H27NO4. The van der Waals surface area contributed by atoms with Crippen LogP contribution in [0.2, 0.25) is 0 Å². The Balaban J connectivity index is 1.78. The second-order valence-electron chi connectivity index (χ2n) is 8.11. The Hall–Kier alpha value is -2.82. The van der Waals surface area contributed by atoms with Gasteiger partial charge in [-0.05, 0) is 40.7 Å². The molecule has 0 atom stereocenters. The molecular weight excluding hydrogens is 354 g/mol. The van der Waals surface area contributed by atoms with Crippen LogP contribution in [0.4, 0.5) is 0 Å². The average molecular weight is 381 g/mol. The van der Waals surface area contributed by atoms with Crippen LogP contribution in [0.15, 0.2) is 36.4 Å². The van der Waals surface area contributed by atoms with Crippen molar-refractivity contribution in [2.45, 2.75) is 39.2 Å². The molecule has 1 aliphatic heterocycles. The third kappa shape index (κ3) is 3.88. The van der Waals surface area contributed by atoms with Crippen molar-refractivity contribution in [3.05, 3.63) is 58.7 Å². The largest absolute Gasteiger partial charge is 0.493 e. The number of hydrogen-bond acceptors (Lipinski definition) is 4. The zero-order valence-corrected chi connectivity index (χ0v) is 17.2. The summed E-state index contributed by atoms with van der Waals surface area (Å²) in [7, 11) is 3.19. The SMILES string of the molecule is COc1cc2c(cc1OC)CN(C(=O)C(=O)c1ccc(C(C)(C)C)cc1)CC2. The molecule has 5 nitrogen and oxygen atoms in total. The van der Waals surface area contributed by atoms with E-state index in [0.717, 1.165) is 16.7 Å². The monoisotopic (exact) mass is 381 g/mol. The van der Waals surface area contributed by atoms with Gasteiger partial charge in [-0.1, -0.05) is 45.0 Å². The van der Waals surface area contributed by atoms with Crippen LogP contribution in [0.5, 0.6) is 11.5 Å². The van der Waals surface area contributed by atoms with Crippen molar-refractivity contribution >= 4 is 11.7 Å². The highest BCUT2D eigenvalue weighted by atomic mass is 16.5. The summed E-state index contributed by atoms with van der Waals surface area (Å²) < 4.78 is 10.7. The number of amides is 1. The first kappa shape index (κ1) is 19.9. The van der Waals surface area contributed by atoms with Crippen molar-refractivity contribution in [3.63, 3.8) is 0 Å². The molecule has 0 unspecified atom stereocenters. The maximum Gasteiger partial charge on any atom is 0.295 e. The lowest BCUT2D eigenvalue weighted by atomic mass is 9.86. The molecule has 0 aromatic heterocycles. The van der Waals surface area contributed by atoms with Gasteiger partial charge in [-0.15, -0.1) is 0 Å². The fraction of sp³-hybridized carbons (Fsp3) is 0.391. The van der Waals surface area contributed by atoms with Gasteiger partial charge in [-0.2, -0.15) is 0 Å². The van der Waals surface area contributed by atoms with Crippen molar-refractivity contribution in [1.82, 2.24) is 4.90 Å². The molecule has 0 saturated carbocycles. The average Bonchev–Trinajstić information content (AvgIpc) is 2.70. The fourth-order valence-corrected chi connectivity index (χ4v) is 3.45. The fourth-order valence-electron chi connectivity index (χ4n) is 3.45. The number of ether oxygens (including phenoxy) is 2. The first-order chi connectivity index (χ1) is 13.2. The lowest BCUT2D eigenvalue weighted by molar-refractivity contribution is -0.127. The van der Waals surface area contributed by atoms with Gasteiger partial charge < -0.3 is 14.4 Å². The number of hydrogen-bond donors (Lipinski definition) is 0. The number of fused-ring (bicyclic) bond motifs is 1. The topological polar surface area (TPSA) is 55.8 Å². The zero-order valence-electron chi connectivity index (χ0n) is 17.2. The molecule has 1 aliphatic rings. The van der Waals surface area contributed by atoms with Gasteiger partial charge >= 0.3 is 0 Å². The number of Topliss-reactive ketones (excluding diaryl/α,β-unsaturated/α-hetero) is 1. The summed E-state index contributed by atoms with van der Waals surface area (Å²) in [6.07, 6.45) is 0.678. The van der Waals surface area contributed by atoms with Crippen LogP contribution in [0.25, 0.3) is 0 Å².